The quantitative estimate of drug-likeness (QED) is 0.585. The highest BCUT2D eigenvalue weighted by molar-refractivity contribution is 8.18. The molecule has 4 nitrogen and oxygen atoms in total. The molecule has 1 fully saturated rings. The van der Waals surface area contributed by atoms with Crippen molar-refractivity contribution in [2.24, 2.45) is 0 Å². The molecule has 4 rings (SSSR count). The van der Waals surface area contributed by atoms with Gasteiger partial charge in [0, 0.05) is 23.8 Å². The maximum absolute atomic E-state index is 13.9. The van der Waals surface area contributed by atoms with E-state index >= 15 is 0 Å². The second-order valence-corrected chi connectivity index (χ2v) is 9.65. The maximum atomic E-state index is 13.9. The van der Waals surface area contributed by atoms with Gasteiger partial charge in [0.1, 0.15) is 5.82 Å². The van der Waals surface area contributed by atoms with E-state index in [-0.39, 0.29) is 23.2 Å². The van der Waals surface area contributed by atoms with E-state index in [1.807, 2.05) is 6.07 Å². The van der Waals surface area contributed by atoms with Gasteiger partial charge in [0.2, 0.25) is 0 Å². The van der Waals surface area contributed by atoms with Crippen LogP contribution in [0.15, 0.2) is 47.4 Å². The molecule has 2 aliphatic rings. The maximum Gasteiger partial charge on any atom is 0.293 e. The number of halogens is 1. The Morgan fingerprint density at radius 1 is 1.20 bits per heavy atom. The highest BCUT2D eigenvalue weighted by Gasteiger charge is 2.36. The van der Waals surface area contributed by atoms with Crippen molar-refractivity contribution in [2.75, 3.05) is 11.9 Å². The van der Waals surface area contributed by atoms with Crippen molar-refractivity contribution in [1.82, 2.24) is 4.90 Å². The summed E-state index contributed by atoms with van der Waals surface area (Å²) in [4.78, 5) is 29.0. The summed E-state index contributed by atoms with van der Waals surface area (Å²) in [6.45, 7) is 6.65. The lowest BCUT2D eigenvalue weighted by Gasteiger charge is -2.45. The first-order valence-corrected chi connectivity index (χ1v) is 10.9. The molecule has 0 radical (unpaired) electrons. The van der Waals surface area contributed by atoms with Crippen LogP contribution in [0.4, 0.5) is 14.9 Å². The number of amides is 2. The van der Waals surface area contributed by atoms with Crippen molar-refractivity contribution in [3.05, 3.63) is 69.9 Å². The van der Waals surface area contributed by atoms with Gasteiger partial charge in [-0.05, 0) is 73.4 Å². The molecule has 0 bridgehead atoms. The number of fused-ring (bicyclic) bond motifs is 1. The third-order valence-electron chi connectivity index (χ3n) is 6.12. The lowest BCUT2D eigenvalue weighted by atomic mass is 9.80. The van der Waals surface area contributed by atoms with Crippen LogP contribution in [0.25, 0.3) is 6.08 Å². The van der Waals surface area contributed by atoms with E-state index in [1.54, 1.807) is 24.3 Å². The Hall–Kier alpha value is -2.60. The molecule has 2 aromatic rings. The second kappa shape index (κ2) is 7.58. The minimum atomic E-state index is -0.420. The van der Waals surface area contributed by atoms with Crippen molar-refractivity contribution in [2.45, 2.75) is 45.2 Å². The minimum Gasteiger partial charge on any atom is -0.369 e. The Labute approximate surface area is 180 Å². The number of thioether (sulfide) groups is 1. The van der Waals surface area contributed by atoms with Crippen LogP contribution >= 0.6 is 11.8 Å². The molecule has 0 spiro atoms. The fourth-order valence-electron chi connectivity index (χ4n) is 4.27. The molecule has 30 heavy (non-hydrogen) atoms. The Morgan fingerprint density at radius 3 is 2.67 bits per heavy atom. The fraction of sp³-hybridized carbons (Fsp3) is 0.333. The molecule has 0 N–H and O–H groups in total. The number of carbonyl (C=O) groups is 2. The van der Waals surface area contributed by atoms with Crippen LogP contribution in [-0.2, 0) is 11.3 Å². The summed E-state index contributed by atoms with van der Waals surface area (Å²) < 4.78 is 13.9. The zero-order valence-electron chi connectivity index (χ0n) is 17.6. The van der Waals surface area contributed by atoms with E-state index in [4.69, 9.17) is 0 Å². The standard InChI is InChI=1S/C24H25FN2O2S/c1-15-13-24(2,3)26(4)20-10-9-16(11-18(15)20)12-21-22(28)27(23(29)30-21)14-17-7-5-6-8-19(17)25/h5-12,15H,13-14H2,1-4H3/b21-12-/t15-/m0/s1. The first-order chi connectivity index (χ1) is 14.2. The van der Waals surface area contributed by atoms with Crippen LogP contribution in [0.1, 0.15) is 49.8 Å². The smallest absolute Gasteiger partial charge is 0.293 e. The van der Waals surface area contributed by atoms with Crippen molar-refractivity contribution >= 4 is 34.7 Å². The molecule has 6 heteroatoms. The number of rotatable bonds is 3. The zero-order valence-corrected chi connectivity index (χ0v) is 18.4. The third-order valence-corrected chi connectivity index (χ3v) is 7.02. The SMILES string of the molecule is C[C@H]1CC(C)(C)N(C)c2ccc(/C=C3\SC(=O)N(Cc4ccccc4F)C3=O)cc21. The van der Waals surface area contributed by atoms with Gasteiger partial charge in [-0.25, -0.2) is 4.39 Å². The van der Waals surface area contributed by atoms with Gasteiger partial charge in [-0.15, -0.1) is 0 Å². The van der Waals surface area contributed by atoms with Crippen molar-refractivity contribution < 1.29 is 14.0 Å². The fourth-order valence-corrected chi connectivity index (χ4v) is 5.11. The summed E-state index contributed by atoms with van der Waals surface area (Å²) in [5.74, 6) is -0.399. The normalized spacial score (nSPS) is 22.0. The predicted molar refractivity (Wildman–Crippen MR) is 120 cm³/mol. The highest BCUT2D eigenvalue weighted by atomic mass is 32.2. The summed E-state index contributed by atoms with van der Waals surface area (Å²) in [6.07, 6.45) is 2.80. The molecule has 2 amide bonds. The van der Waals surface area contributed by atoms with Crippen LogP contribution in [0.3, 0.4) is 0 Å². The van der Waals surface area contributed by atoms with Crippen LogP contribution in [0.5, 0.6) is 0 Å². The summed E-state index contributed by atoms with van der Waals surface area (Å²) in [7, 11) is 2.11. The number of nitrogens with zero attached hydrogens (tertiary/aromatic N) is 2. The molecule has 2 aliphatic heterocycles. The van der Waals surface area contributed by atoms with E-state index in [0.29, 0.717) is 16.4 Å². The molecular formula is C24H25FN2O2S. The van der Waals surface area contributed by atoms with Gasteiger partial charge < -0.3 is 4.90 Å². The second-order valence-electron chi connectivity index (χ2n) is 8.65. The van der Waals surface area contributed by atoms with Crippen LogP contribution in [0, 0.1) is 5.82 Å². The summed E-state index contributed by atoms with van der Waals surface area (Å²) >= 11 is 0.906. The van der Waals surface area contributed by atoms with Gasteiger partial charge in [-0.2, -0.15) is 0 Å². The van der Waals surface area contributed by atoms with Gasteiger partial charge in [0.15, 0.2) is 0 Å². The Morgan fingerprint density at radius 2 is 1.93 bits per heavy atom. The Balaban J connectivity index is 1.60. The van der Waals surface area contributed by atoms with E-state index in [1.165, 1.54) is 17.3 Å². The summed E-state index contributed by atoms with van der Waals surface area (Å²) in [5.41, 5.74) is 3.75. The lowest BCUT2D eigenvalue weighted by molar-refractivity contribution is -0.123. The third kappa shape index (κ3) is 3.65. The Bertz CT molecular complexity index is 1060. The molecule has 0 saturated carbocycles. The van der Waals surface area contributed by atoms with E-state index in [0.717, 1.165) is 28.6 Å². The molecular weight excluding hydrogens is 399 g/mol. The zero-order chi connectivity index (χ0) is 21.6. The van der Waals surface area contributed by atoms with Crippen molar-refractivity contribution in [3.8, 4) is 0 Å². The van der Waals surface area contributed by atoms with Gasteiger partial charge in [0.25, 0.3) is 11.1 Å². The number of imide groups is 1. The molecule has 1 saturated heterocycles. The summed E-state index contributed by atoms with van der Waals surface area (Å²) in [6, 6.07) is 12.4. The molecule has 2 heterocycles. The lowest BCUT2D eigenvalue weighted by Crippen LogP contribution is -2.45. The largest absolute Gasteiger partial charge is 0.369 e. The first kappa shape index (κ1) is 20.7. The average Bonchev–Trinajstić information content (AvgIpc) is 2.95. The Kier molecular flexibility index (Phi) is 5.22. The van der Waals surface area contributed by atoms with E-state index < -0.39 is 5.82 Å². The van der Waals surface area contributed by atoms with Crippen LogP contribution in [0.2, 0.25) is 0 Å². The molecule has 1 atom stereocenters. The van der Waals surface area contributed by atoms with Gasteiger partial charge in [-0.1, -0.05) is 31.2 Å². The van der Waals surface area contributed by atoms with Crippen LogP contribution < -0.4 is 4.90 Å². The predicted octanol–water partition coefficient (Wildman–Crippen LogP) is 5.78. The molecule has 0 aromatic heterocycles. The number of carbonyl (C=O) groups excluding carboxylic acids is 2. The molecule has 2 aromatic carbocycles. The monoisotopic (exact) mass is 424 g/mol. The molecule has 156 valence electrons. The molecule has 0 aliphatic carbocycles. The first-order valence-electron chi connectivity index (χ1n) is 10.0. The highest BCUT2D eigenvalue weighted by Crippen LogP contribution is 2.43. The van der Waals surface area contributed by atoms with Gasteiger partial charge in [0.05, 0.1) is 11.4 Å². The van der Waals surface area contributed by atoms with Crippen molar-refractivity contribution in [3.63, 3.8) is 0 Å². The summed E-state index contributed by atoms with van der Waals surface area (Å²) in [5, 5.41) is -0.373. The number of anilines is 1. The topological polar surface area (TPSA) is 40.6 Å². The van der Waals surface area contributed by atoms with Crippen LogP contribution in [-0.4, -0.2) is 28.6 Å². The van der Waals surface area contributed by atoms with E-state index in [2.05, 4.69) is 44.9 Å². The van der Waals surface area contributed by atoms with Gasteiger partial charge >= 0.3 is 0 Å². The van der Waals surface area contributed by atoms with E-state index in [9.17, 15) is 14.0 Å². The number of hydrogen-bond donors (Lipinski definition) is 0. The van der Waals surface area contributed by atoms with Gasteiger partial charge in [-0.3, -0.25) is 14.5 Å². The average molecular weight is 425 g/mol. The molecule has 0 unspecified atom stereocenters. The van der Waals surface area contributed by atoms with Crippen molar-refractivity contribution in [1.29, 1.82) is 0 Å². The minimum absolute atomic E-state index is 0.0597. The number of benzene rings is 2. The number of hydrogen-bond acceptors (Lipinski definition) is 4.